The number of nitrogens with one attached hydrogen (secondary N) is 2. The van der Waals surface area contributed by atoms with Gasteiger partial charge in [-0.2, -0.15) is 0 Å². The van der Waals surface area contributed by atoms with Gasteiger partial charge in [-0.1, -0.05) is 31.2 Å². The van der Waals surface area contributed by atoms with Crippen molar-refractivity contribution in [1.29, 1.82) is 0 Å². The van der Waals surface area contributed by atoms with Crippen molar-refractivity contribution in [3.05, 3.63) is 53.6 Å². The van der Waals surface area contributed by atoms with Crippen molar-refractivity contribution < 1.29 is 13.2 Å². The van der Waals surface area contributed by atoms with Crippen LogP contribution >= 0.6 is 0 Å². The molecule has 2 aromatic rings. The lowest BCUT2D eigenvalue weighted by molar-refractivity contribution is -0.116. The Morgan fingerprint density at radius 2 is 1.87 bits per heavy atom. The third-order valence-corrected chi connectivity index (χ3v) is 7.62. The first-order chi connectivity index (χ1) is 15.0. The van der Waals surface area contributed by atoms with Gasteiger partial charge in [0.1, 0.15) is 4.90 Å². The van der Waals surface area contributed by atoms with Crippen LogP contribution in [0.15, 0.2) is 47.4 Å². The van der Waals surface area contributed by atoms with Gasteiger partial charge in [0, 0.05) is 31.2 Å². The number of benzene rings is 2. The van der Waals surface area contributed by atoms with Gasteiger partial charge >= 0.3 is 0 Å². The second kappa shape index (κ2) is 9.40. The fraction of sp³-hybridized carbons (Fsp3) is 0.458. The van der Waals surface area contributed by atoms with Crippen molar-refractivity contribution in [3.8, 4) is 0 Å². The Morgan fingerprint density at radius 1 is 1.10 bits per heavy atom. The fourth-order valence-electron chi connectivity index (χ4n) is 4.60. The quantitative estimate of drug-likeness (QED) is 0.668. The molecule has 0 radical (unpaired) electrons. The van der Waals surface area contributed by atoms with E-state index in [0.29, 0.717) is 17.8 Å². The smallest absolute Gasteiger partial charge is 0.243 e. The molecule has 0 bridgehead atoms. The Morgan fingerprint density at radius 3 is 2.65 bits per heavy atom. The van der Waals surface area contributed by atoms with Crippen LogP contribution in [0.3, 0.4) is 0 Å². The van der Waals surface area contributed by atoms with Crippen LogP contribution in [0.1, 0.15) is 62.6 Å². The van der Waals surface area contributed by atoms with Crippen molar-refractivity contribution >= 4 is 27.3 Å². The highest BCUT2D eigenvalue weighted by Crippen LogP contribution is 2.35. The largest absolute Gasteiger partial charge is 0.370 e. The number of hydrogen-bond donors (Lipinski definition) is 2. The van der Waals surface area contributed by atoms with E-state index in [-0.39, 0.29) is 16.8 Å². The molecule has 6 nitrogen and oxygen atoms in total. The zero-order valence-electron chi connectivity index (χ0n) is 18.1. The Kier molecular flexibility index (Phi) is 6.62. The molecule has 1 aliphatic heterocycles. The Bertz CT molecular complexity index is 1050. The summed E-state index contributed by atoms with van der Waals surface area (Å²) in [4.78, 5) is 14.5. The van der Waals surface area contributed by atoms with Crippen molar-refractivity contribution in [3.63, 3.8) is 0 Å². The Balaban J connectivity index is 1.67. The number of carbonyl (C=O) groups excluding carboxylic acids is 1. The molecular formula is C24H31N3O3S. The number of rotatable bonds is 7. The molecule has 2 N–H and O–H groups in total. The maximum atomic E-state index is 13.6. The Labute approximate surface area is 185 Å². The molecule has 0 unspecified atom stereocenters. The predicted molar refractivity (Wildman–Crippen MR) is 124 cm³/mol. The van der Waals surface area contributed by atoms with E-state index in [4.69, 9.17) is 0 Å². The number of amides is 1. The summed E-state index contributed by atoms with van der Waals surface area (Å²) in [7, 11) is -3.78. The summed E-state index contributed by atoms with van der Waals surface area (Å²) in [5.41, 5.74) is 3.50. The van der Waals surface area contributed by atoms with Crippen LogP contribution in [0, 0.1) is 0 Å². The molecule has 1 fully saturated rings. The minimum atomic E-state index is -3.78. The maximum absolute atomic E-state index is 13.6. The highest BCUT2D eigenvalue weighted by Gasteiger charge is 2.29. The standard InChI is InChI=1S/C24H31N3O3S/c1-2-8-24(28)25-19-13-14-22(27-15-5-6-16-27)23(17-19)31(29,30)26-21-12-7-10-18-9-3-4-11-20(18)21/h3-4,9,11,13-14,17,21,26H,2,5-8,10,12,15-16H2,1H3,(H,25,28)/t21-/m1/s1. The van der Waals surface area contributed by atoms with Crippen LogP contribution in [0.2, 0.25) is 0 Å². The minimum Gasteiger partial charge on any atom is -0.370 e. The number of sulfonamides is 1. The number of nitrogens with zero attached hydrogens (tertiary/aromatic N) is 1. The van der Waals surface area contributed by atoms with Gasteiger partial charge < -0.3 is 10.2 Å². The van der Waals surface area contributed by atoms with E-state index in [9.17, 15) is 13.2 Å². The van der Waals surface area contributed by atoms with Gasteiger partial charge in [-0.05, 0) is 67.9 Å². The molecule has 31 heavy (non-hydrogen) atoms. The van der Waals surface area contributed by atoms with Gasteiger partial charge in [0.05, 0.1) is 5.69 Å². The lowest BCUT2D eigenvalue weighted by atomic mass is 9.88. The SMILES string of the molecule is CCCC(=O)Nc1ccc(N2CCCC2)c(S(=O)(=O)N[C@@H]2CCCc3ccccc32)c1. The molecule has 0 spiro atoms. The molecule has 1 saturated heterocycles. The molecule has 2 aliphatic rings. The van der Waals surface area contributed by atoms with E-state index in [1.54, 1.807) is 12.1 Å². The Hall–Kier alpha value is -2.38. The summed E-state index contributed by atoms with van der Waals surface area (Å²) in [6.45, 7) is 3.63. The van der Waals surface area contributed by atoms with Gasteiger partial charge in [-0.15, -0.1) is 0 Å². The van der Waals surface area contributed by atoms with Gasteiger partial charge in [0.15, 0.2) is 0 Å². The average molecular weight is 442 g/mol. The molecule has 1 heterocycles. The second-order valence-electron chi connectivity index (χ2n) is 8.44. The van der Waals surface area contributed by atoms with Crippen molar-refractivity contribution in [2.75, 3.05) is 23.3 Å². The molecule has 7 heteroatoms. The first kappa shape index (κ1) is 21.8. The zero-order chi connectivity index (χ0) is 21.8. The fourth-order valence-corrected chi connectivity index (χ4v) is 6.11. The number of aryl methyl sites for hydroxylation is 1. The first-order valence-electron chi connectivity index (χ1n) is 11.3. The van der Waals surface area contributed by atoms with Crippen molar-refractivity contribution in [1.82, 2.24) is 4.72 Å². The third-order valence-electron chi connectivity index (χ3n) is 6.12. The molecule has 4 rings (SSSR count). The van der Waals surface area contributed by atoms with Crippen molar-refractivity contribution in [2.24, 2.45) is 0 Å². The summed E-state index contributed by atoms with van der Waals surface area (Å²) in [6.07, 6.45) is 5.97. The number of carbonyl (C=O) groups is 1. The number of hydrogen-bond acceptors (Lipinski definition) is 4. The molecule has 1 atom stereocenters. The van der Waals surface area contributed by atoms with Crippen LogP contribution < -0.4 is 14.9 Å². The van der Waals surface area contributed by atoms with E-state index in [1.807, 2.05) is 31.2 Å². The molecular weight excluding hydrogens is 410 g/mol. The maximum Gasteiger partial charge on any atom is 0.243 e. The number of fused-ring (bicyclic) bond motifs is 1. The summed E-state index contributed by atoms with van der Waals surface area (Å²) < 4.78 is 30.2. The highest BCUT2D eigenvalue weighted by atomic mass is 32.2. The first-order valence-corrected chi connectivity index (χ1v) is 12.8. The molecule has 0 aromatic heterocycles. The molecule has 1 aliphatic carbocycles. The summed E-state index contributed by atoms with van der Waals surface area (Å²) in [5, 5.41) is 2.84. The molecule has 2 aromatic carbocycles. The molecule has 0 saturated carbocycles. The summed E-state index contributed by atoms with van der Waals surface area (Å²) in [6, 6.07) is 13.1. The van der Waals surface area contributed by atoms with Crippen LogP contribution in [0.4, 0.5) is 11.4 Å². The highest BCUT2D eigenvalue weighted by molar-refractivity contribution is 7.89. The van der Waals surface area contributed by atoms with E-state index in [1.165, 1.54) is 5.56 Å². The topological polar surface area (TPSA) is 78.5 Å². The van der Waals surface area contributed by atoms with Crippen LogP contribution in [0.25, 0.3) is 0 Å². The van der Waals surface area contributed by atoms with Gasteiger partial charge in [0.2, 0.25) is 15.9 Å². The van der Waals surface area contributed by atoms with Crippen molar-refractivity contribution in [2.45, 2.75) is 62.8 Å². The summed E-state index contributed by atoms with van der Waals surface area (Å²) in [5.74, 6) is -0.103. The summed E-state index contributed by atoms with van der Waals surface area (Å²) >= 11 is 0. The predicted octanol–water partition coefficient (Wildman–Crippen LogP) is 4.38. The van der Waals surface area contributed by atoms with Gasteiger partial charge in [0.25, 0.3) is 0 Å². The van der Waals surface area contributed by atoms with E-state index >= 15 is 0 Å². The van der Waals surface area contributed by atoms with Gasteiger partial charge in [-0.25, -0.2) is 13.1 Å². The zero-order valence-corrected chi connectivity index (χ0v) is 18.9. The van der Waals surface area contributed by atoms with Crippen LogP contribution in [-0.2, 0) is 21.2 Å². The third kappa shape index (κ3) is 4.93. The van der Waals surface area contributed by atoms with E-state index in [2.05, 4.69) is 21.0 Å². The monoisotopic (exact) mass is 441 g/mol. The lowest BCUT2D eigenvalue weighted by Crippen LogP contribution is -2.32. The number of anilines is 2. The molecule has 1 amide bonds. The van der Waals surface area contributed by atoms with Gasteiger partial charge in [-0.3, -0.25) is 4.79 Å². The minimum absolute atomic E-state index is 0.103. The van der Waals surface area contributed by atoms with Crippen LogP contribution in [-0.4, -0.2) is 27.4 Å². The normalized spacial score (nSPS) is 18.6. The van der Waals surface area contributed by atoms with E-state index < -0.39 is 10.0 Å². The molecule has 166 valence electrons. The van der Waals surface area contributed by atoms with E-state index in [0.717, 1.165) is 57.2 Å². The lowest BCUT2D eigenvalue weighted by Gasteiger charge is -2.28. The second-order valence-corrected chi connectivity index (χ2v) is 10.1. The van der Waals surface area contributed by atoms with Crippen LogP contribution in [0.5, 0.6) is 0 Å². The average Bonchev–Trinajstić information content (AvgIpc) is 3.29.